The fourth-order valence-corrected chi connectivity index (χ4v) is 2.02. The van der Waals surface area contributed by atoms with E-state index in [1.807, 2.05) is 44.2 Å². The topological polar surface area (TPSA) is 81.4 Å². The van der Waals surface area contributed by atoms with Gasteiger partial charge in [0.15, 0.2) is 0 Å². The van der Waals surface area contributed by atoms with E-state index in [0.717, 1.165) is 12.0 Å². The summed E-state index contributed by atoms with van der Waals surface area (Å²) in [4.78, 5) is 23.9. The van der Waals surface area contributed by atoms with Crippen molar-refractivity contribution in [2.24, 2.45) is 11.7 Å². The molecule has 0 aliphatic heterocycles. The first-order chi connectivity index (χ1) is 9.99. The van der Waals surface area contributed by atoms with Crippen molar-refractivity contribution in [3.05, 3.63) is 35.9 Å². The molecule has 3 N–H and O–H groups in total. The van der Waals surface area contributed by atoms with Crippen LogP contribution in [0.25, 0.3) is 0 Å². The lowest BCUT2D eigenvalue weighted by molar-refractivity contribution is -0.146. The number of hydrogen-bond donors (Lipinski definition) is 2. The monoisotopic (exact) mass is 292 g/mol. The third-order valence-electron chi connectivity index (χ3n) is 3.60. The van der Waals surface area contributed by atoms with E-state index in [-0.39, 0.29) is 11.8 Å². The highest BCUT2D eigenvalue weighted by atomic mass is 16.5. The van der Waals surface area contributed by atoms with Crippen LogP contribution in [0.5, 0.6) is 0 Å². The standard InChI is InChI=1S/C16H24N2O3/c1-4-11(2)14(16(20)21-3)18-15(19)13(17)10-12-8-6-5-7-9-12/h5-9,11,13-14H,4,10,17H2,1-3H3,(H,18,19)/t11?,13-,14?/m1/s1. The van der Waals surface area contributed by atoms with Crippen molar-refractivity contribution in [1.82, 2.24) is 5.32 Å². The Bertz CT molecular complexity index is 462. The van der Waals surface area contributed by atoms with Gasteiger partial charge in [0.05, 0.1) is 13.2 Å². The number of nitrogens with two attached hydrogens (primary N) is 1. The van der Waals surface area contributed by atoms with Gasteiger partial charge in [0.1, 0.15) is 6.04 Å². The normalized spacial score (nSPS) is 14.9. The Labute approximate surface area is 125 Å². The second kappa shape index (κ2) is 8.42. The van der Waals surface area contributed by atoms with Gasteiger partial charge in [0, 0.05) is 0 Å². The molecule has 0 spiro atoms. The summed E-state index contributed by atoms with van der Waals surface area (Å²) < 4.78 is 4.74. The molecule has 116 valence electrons. The summed E-state index contributed by atoms with van der Waals surface area (Å²) in [5.41, 5.74) is 6.90. The van der Waals surface area contributed by atoms with E-state index in [1.165, 1.54) is 7.11 Å². The molecular weight excluding hydrogens is 268 g/mol. The molecule has 2 unspecified atom stereocenters. The summed E-state index contributed by atoms with van der Waals surface area (Å²) in [6, 6.07) is 8.19. The SMILES string of the molecule is CCC(C)C(NC(=O)[C@H](N)Cc1ccccc1)C(=O)OC. The number of esters is 1. The molecule has 1 amide bonds. The van der Waals surface area contributed by atoms with Crippen molar-refractivity contribution >= 4 is 11.9 Å². The van der Waals surface area contributed by atoms with Crippen LogP contribution in [0.1, 0.15) is 25.8 Å². The Morgan fingerprint density at radius 3 is 2.43 bits per heavy atom. The molecule has 0 saturated carbocycles. The number of amides is 1. The van der Waals surface area contributed by atoms with Crippen LogP contribution in [0, 0.1) is 5.92 Å². The minimum atomic E-state index is -0.691. The number of hydrogen-bond acceptors (Lipinski definition) is 4. The van der Waals surface area contributed by atoms with Crippen molar-refractivity contribution in [2.45, 2.75) is 38.8 Å². The second-order valence-corrected chi connectivity index (χ2v) is 5.19. The van der Waals surface area contributed by atoms with Crippen LogP contribution in [0.3, 0.4) is 0 Å². The largest absolute Gasteiger partial charge is 0.467 e. The number of carbonyl (C=O) groups is 2. The van der Waals surface area contributed by atoms with E-state index in [0.29, 0.717) is 6.42 Å². The van der Waals surface area contributed by atoms with Gasteiger partial charge < -0.3 is 15.8 Å². The minimum Gasteiger partial charge on any atom is -0.467 e. The van der Waals surface area contributed by atoms with Gasteiger partial charge >= 0.3 is 5.97 Å². The lowest BCUT2D eigenvalue weighted by Gasteiger charge is -2.23. The maximum atomic E-state index is 12.2. The van der Waals surface area contributed by atoms with Crippen LogP contribution in [0.4, 0.5) is 0 Å². The zero-order valence-electron chi connectivity index (χ0n) is 12.8. The fourth-order valence-electron chi connectivity index (χ4n) is 2.02. The Morgan fingerprint density at radius 1 is 1.29 bits per heavy atom. The lowest BCUT2D eigenvalue weighted by Crippen LogP contribution is -2.51. The van der Waals surface area contributed by atoms with Crippen LogP contribution < -0.4 is 11.1 Å². The average molecular weight is 292 g/mol. The van der Waals surface area contributed by atoms with Crippen molar-refractivity contribution in [1.29, 1.82) is 0 Å². The summed E-state index contributed by atoms with van der Waals surface area (Å²) in [6.45, 7) is 3.85. The summed E-state index contributed by atoms with van der Waals surface area (Å²) in [6.07, 6.45) is 1.19. The summed E-state index contributed by atoms with van der Waals surface area (Å²) in [5, 5.41) is 2.70. The zero-order valence-corrected chi connectivity index (χ0v) is 12.8. The van der Waals surface area contributed by atoms with Crippen molar-refractivity contribution < 1.29 is 14.3 Å². The van der Waals surface area contributed by atoms with Crippen LogP contribution in [0.2, 0.25) is 0 Å². The lowest BCUT2D eigenvalue weighted by atomic mass is 9.98. The van der Waals surface area contributed by atoms with E-state index >= 15 is 0 Å². The Balaban J connectivity index is 2.66. The molecule has 0 aromatic heterocycles. The van der Waals surface area contributed by atoms with Gasteiger partial charge in [-0.3, -0.25) is 4.79 Å². The maximum absolute atomic E-state index is 12.2. The highest BCUT2D eigenvalue weighted by molar-refractivity contribution is 5.87. The molecule has 0 fully saturated rings. The smallest absolute Gasteiger partial charge is 0.328 e. The first-order valence-corrected chi connectivity index (χ1v) is 7.17. The van der Waals surface area contributed by atoms with Crippen molar-refractivity contribution in [2.75, 3.05) is 7.11 Å². The van der Waals surface area contributed by atoms with E-state index in [4.69, 9.17) is 10.5 Å². The summed E-state index contributed by atoms with van der Waals surface area (Å²) >= 11 is 0. The molecule has 0 saturated heterocycles. The van der Waals surface area contributed by atoms with Gasteiger partial charge in [-0.2, -0.15) is 0 Å². The van der Waals surface area contributed by atoms with E-state index in [9.17, 15) is 9.59 Å². The number of carbonyl (C=O) groups excluding carboxylic acids is 2. The molecule has 5 heteroatoms. The van der Waals surface area contributed by atoms with Crippen LogP contribution in [0.15, 0.2) is 30.3 Å². The molecule has 0 heterocycles. The zero-order chi connectivity index (χ0) is 15.8. The molecule has 3 atom stereocenters. The Kier molecular flexibility index (Phi) is 6.88. The number of benzene rings is 1. The molecule has 0 radical (unpaired) electrons. The molecule has 1 aromatic carbocycles. The third kappa shape index (κ3) is 5.19. The van der Waals surface area contributed by atoms with Crippen molar-refractivity contribution in [3.8, 4) is 0 Å². The molecule has 0 aliphatic carbocycles. The molecule has 0 bridgehead atoms. The second-order valence-electron chi connectivity index (χ2n) is 5.19. The Morgan fingerprint density at radius 2 is 1.90 bits per heavy atom. The highest BCUT2D eigenvalue weighted by Gasteiger charge is 2.28. The molecule has 21 heavy (non-hydrogen) atoms. The molecule has 1 aromatic rings. The predicted molar refractivity (Wildman–Crippen MR) is 81.5 cm³/mol. The summed E-state index contributed by atoms with van der Waals surface area (Å²) in [5.74, 6) is -0.788. The number of ether oxygens (including phenoxy) is 1. The van der Waals surface area contributed by atoms with E-state index in [2.05, 4.69) is 5.32 Å². The quantitative estimate of drug-likeness (QED) is 0.741. The number of rotatable bonds is 7. The van der Waals surface area contributed by atoms with Gasteiger partial charge in [-0.25, -0.2) is 4.79 Å². The third-order valence-corrected chi connectivity index (χ3v) is 3.60. The van der Waals surface area contributed by atoms with Crippen molar-refractivity contribution in [3.63, 3.8) is 0 Å². The van der Waals surface area contributed by atoms with E-state index < -0.39 is 18.1 Å². The average Bonchev–Trinajstić information content (AvgIpc) is 2.51. The molecule has 5 nitrogen and oxygen atoms in total. The molecule has 1 rings (SSSR count). The first-order valence-electron chi connectivity index (χ1n) is 7.17. The van der Waals surface area contributed by atoms with E-state index in [1.54, 1.807) is 0 Å². The molecular formula is C16H24N2O3. The van der Waals surface area contributed by atoms with Crippen LogP contribution >= 0.6 is 0 Å². The minimum absolute atomic E-state index is 0.00896. The van der Waals surface area contributed by atoms with Gasteiger partial charge in [0.2, 0.25) is 5.91 Å². The summed E-state index contributed by atoms with van der Waals surface area (Å²) in [7, 11) is 1.31. The van der Waals surface area contributed by atoms with Gasteiger partial charge in [-0.05, 0) is 17.9 Å². The highest BCUT2D eigenvalue weighted by Crippen LogP contribution is 2.10. The Hall–Kier alpha value is -1.88. The van der Waals surface area contributed by atoms with Gasteiger partial charge in [-0.1, -0.05) is 50.6 Å². The van der Waals surface area contributed by atoms with Crippen LogP contribution in [-0.2, 0) is 20.7 Å². The number of nitrogens with one attached hydrogen (secondary N) is 1. The first kappa shape index (κ1) is 17.2. The predicted octanol–water partition coefficient (Wildman–Crippen LogP) is 1.26. The molecule has 0 aliphatic rings. The van der Waals surface area contributed by atoms with Crippen LogP contribution in [-0.4, -0.2) is 31.1 Å². The number of methoxy groups -OCH3 is 1. The van der Waals surface area contributed by atoms with Gasteiger partial charge in [-0.15, -0.1) is 0 Å². The fraction of sp³-hybridized carbons (Fsp3) is 0.500. The maximum Gasteiger partial charge on any atom is 0.328 e. The van der Waals surface area contributed by atoms with Gasteiger partial charge in [0.25, 0.3) is 0 Å².